The number of nitrogens with two attached hydrogens (primary N) is 1. The molecule has 0 unspecified atom stereocenters. The van der Waals surface area contributed by atoms with Gasteiger partial charge in [-0.15, -0.1) is 5.10 Å². The van der Waals surface area contributed by atoms with E-state index in [1.54, 1.807) is 34.0 Å². The summed E-state index contributed by atoms with van der Waals surface area (Å²) in [6, 6.07) is 9.56. The van der Waals surface area contributed by atoms with Crippen LogP contribution in [0.5, 0.6) is 0 Å². The molecular formula is C14H12N8. The predicted molar refractivity (Wildman–Crippen MR) is 82.0 cm³/mol. The Bertz CT molecular complexity index is 908. The number of nitrogen functional groups attached to an aromatic ring is 1. The first-order chi connectivity index (χ1) is 10.8. The van der Waals surface area contributed by atoms with Crippen LogP contribution in [0.4, 0.5) is 17.2 Å². The van der Waals surface area contributed by atoms with Crippen molar-refractivity contribution in [1.82, 2.24) is 29.4 Å². The lowest BCUT2D eigenvalue weighted by Crippen LogP contribution is -2.02. The summed E-state index contributed by atoms with van der Waals surface area (Å²) in [6.45, 7) is 0. The lowest BCUT2D eigenvalue weighted by atomic mass is 10.2. The van der Waals surface area contributed by atoms with Gasteiger partial charge >= 0.3 is 0 Å². The second-order valence-electron chi connectivity index (χ2n) is 4.69. The number of rotatable bonds is 3. The van der Waals surface area contributed by atoms with E-state index in [2.05, 4.69) is 25.5 Å². The van der Waals surface area contributed by atoms with Gasteiger partial charge in [0.1, 0.15) is 18.5 Å². The maximum Gasteiger partial charge on any atom is 0.177 e. The molecule has 4 aromatic rings. The minimum Gasteiger partial charge on any atom is -0.382 e. The van der Waals surface area contributed by atoms with E-state index in [1.165, 1.54) is 6.33 Å². The smallest absolute Gasteiger partial charge is 0.177 e. The zero-order chi connectivity index (χ0) is 14.9. The van der Waals surface area contributed by atoms with Gasteiger partial charge in [0.25, 0.3) is 0 Å². The number of aromatic nitrogens is 6. The third-order valence-electron chi connectivity index (χ3n) is 3.21. The summed E-state index contributed by atoms with van der Waals surface area (Å²) >= 11 is 0. The number of hydrogen-bond donors (Lipinski definition) is 2. The van der Waals surface area contributed by atoms with Gasteiger partial charge in [-0.05, 0) is 24.3 Å². The highest BCUT2D eigenvalue weighted by Gasteiger charge is 2.06. The second-order valence-corrected chi connectivity index (χ2v) is 4.69. The van der Waals surface area contributed by atoms with E-state index in [9.17, 15) is 0 Å². The summed E-state index contributed by atoms with van der Waals surface area (Å²) in [5.74, 6) is 0.423. The van der Waals surface area contributed by atoms with Crippen molar-refractivity contribution in [2.75, 3.05) is 11.1 Å². The summed E-state index contributed by atoms with van der Waals surface area (Å²) in [4.78, 5) is 8.21. The molecule has 0 aliphatic rings. The van der Waals surface area contributed by atoms with Gasteiger partial charge in [-0.3, -0.25) is 0 Å². The van der Waals surface area contributed by atoms with Crippen molar-refractivity contribution in [3.63, 3.8) is 0 Å². The fraction of sp³-hybridized carbons (Fsp3) is 0. The summed E-state index contributed by atoms with van der Waals surface area (Å²) in [7, 11) is 0. The van der Waals surface area contributed by atoms with Gasteiger partial charge < -0.3 is 11.1 Å². The maximum absolute atomic E-state index is 5.81. The first-order valence-corrected chi connectivity index (χ1v) is 6.61. The molecule has 0 atom stereocenters. The van der Waals surface area contributed by atoms with Crippen molar-refractivity contribution in [3.8, 4) is 5.69 Å². The largest absolute Gasteiger partial charge is 0.382 e. The van der Waals surface area contributed by atoms with Crippen LogP contribution in [0.2, 0.25) is 0 Å². The molecule has 3 N–H and O–H groups in total. The average Bonchev–Trinajstić information content (AvgIpc) is 3.18. The quantitative estimate of drug-likeness (QED) is 0.595. The van der Waals surface area contributed by atoms with Gasteiger partial charge in [0, 0.05) is 24.1 Å². The number of benzene rings is 1. The molecule has 3 heterocycles. The van der Waals surface area contributed by atoms with Crippen molar-refractivity contribution < 1.29 is 0 Å². The first kappa shape index (κ1) is 12.3. The van der Waals surface area contributed by atoms with Crippen molar-refractivity contribution in [3.05, 3.63) is 55.4 Å². The topological polar surface area (TPSA) is 98.9 Å². The normalized spacial score (nSPS) is 10.9. The molecule has 0 saturated heterocycles. The molecule has 0 radical (unpaired) electrons. The SMILES string of the molecule is Nc1cc(Nc2ccc(-n3cncn3)cc2)c2nccn2n1. The highest BCUT2D eigenvalue weighted by Crippen LogP contribution is 2.22. The Morgan fingerprint density at radius 3 is 2.77 bits per heavy atom. The predicted octanol–water partition coefficient (Wildman–Crippen LogP) is 1.64. The minimum atomic E-state index is 0.423. The Morgan fingerprint density at radius 1 is 1.14 bits per heavy atom. The third kappa shape index (κ3) is 2.12. The van der Waals surface area contributed by atoms with Crippen LogP contribution < -0.4 is 11.1 Å². The van der Waals surface area contributed by atoms with Crippen molar-refractivity contribution in [2.45, 2.75) is 0 Å². The number of hydrogen-bond acceptors (Lipinski definition) is 6. The molecular weight excluding hydrogens is 280 g/mol. The van der Waals surface area contributed by atoms with Crippen LogP contribution >= 0.6 is 0 Å². The van der Waals surface area contributed by atoms with Gasteiger partial charge in [-0.1, -0.05) is 0 Å². The molecule has 0 spiro atoms. The van der Waals surface area contributed by atoms with Crippen LogP contribution in [0.25, 0.3) is 11.3 Å². The molecule has 108 valence electrons. The monoisotopic (exact) mass is 292 g/mol. The first-order valence-electron chi connectivity index (χ1n) is 6.61. The summed E-state index contributed by atoms with van der Waals surface area (Å²) in [5.41, 5.74) is 9.17. The van der Waals surface area contributed by atoms with E-state index in [0.717, 1.165) is 22.7 Å². The van der Waals surface area contributed by atoms with Crippen LogP contribution in [0.15, 0.2) is 55.4 Å². The van der Waals surface area contributed by atoms with Gasteiger partial charge in [0.15, 0.2) is 5.65 Å². The van der Waals surface area contributed by atoms with E-state index in [0.29, 0.717) is 5.82 Å². The minimum absolute atomic E-state index is 0.423. The number of imidazole rings is 1. The Kier molecular flexibility index (Phi) is 2.72. The molecule has 8 nitrogen and oxygen atoms in total. The zero-order valence-corrected chi connectivity index (χ0v) is 11.5. The highest BCUT2D eigenvalue weighted by atomic mass is 15.3. The van der Waals surface area contributed by atoms with Crippen LogP contribution in [0.3, 0.4) is 0 Å². The number of fused-ring (bicyclic) bond motifs is 1. The van der Waals surface area contributed by atoms with Crippen molar-refractivity contribution >= 4 is 22.8 Å². The Morgan fingerprint density at radius 2 is 2.00 bits per heavy atom. The Balaban J connectivity index is 1.66. The number of nitrogens with one attached hydrogen (secondary N) is 1. The summed E-state index contributed by atoms with van der Waals surface area (Å²) < 4.78 is 3.34. The van der Waals surface area contributed by atoms with Crippen molar-refractivity contribution in [1.29, 1.82) is 0 Å². The average molecular weight is 292 g/mol. The van der Waals surface area contributed by atoms with Gasteiger partial charge in [-0.2, -0.15) is 5.10 Å². The second kappa shape index (κ2) is 4.85. The highest BCUT2D eigenvalue weighted by molar-refractivity contribution is 5.75. The summed E-state index contributed by atoms with van der Waals surface area (Å²) in [6.07, 6.45) is 6.59. The van der Waals surface area contributed by atoms with Gasteiger partial charge in [-0.25, -0.2) is 19.2 Å². The molecule has 1 aromatic carbocycles. The Labute approximate surface area is 125 Å². The number of nitrogens with zero attached hydrogens (tertiary/aromatic N) is 6. The van der Waals surface area contributed by atoms with Gasteiger partial charge in [0.2, 0.25) is 0 Å². The maximum atomic E-state index is 5.81. The van der Waals surface area contributed by atoms with Crippen LogP contribution in [-0.4, -0.2) is 29.4 Å². The third-order valence-corrected chi connectivity index (χ3v) is 3.21. The lowest BCUT2D eigenvalue weighted by molar-refractivity contribution is 0.879. The molecule has 22 heavy (non-hydrogen) atoms. The van der Waals surface area contributed by atoms with E-state index < -0.39 is 0 Å². The van der Waals surface area contributed by atoms with E-state index in [4.69, 9.17) is 5.73 Å². The molecule has 0 fully saturated rings. The molecule has 3 aromatic heterocycles. The van der Waals surface area contributed by atoms with Crippen LogP contribution in [0.1, 0.15) is 0 Å². The molecule has 0 aliphatic carbocycles. The van der Waals surface area contributed by atoms with Gasteiger partial charge in [0.05, 0.1) is 11.4 Å². The van der Waals surface area contributed by atoms with Crippen LogP contribution in [-0.2, 0) is 0 Å². The zero-order valence-electron chi connectivity index (χ0n) is 11.5. The summed E-state index contributed by atoms with van der Waals surface area (Å²) in [5, 5.41) is 11.5. The molecule has 0 bridgehead atoms. The lowest BCUT2D eigenvalue weighted by Gasteiger charge is -2.09. The molecule has 8 heteroatoms. The molecule has 0 saturated carbocycles. The standard InChI is InChI=1S/C14H12N8/c15-13-7-12(14-17-5-6-21(14)20-13)19-10-1-3-11(4-2-10)22-9-16-8-18-22/h1-9,19H,(H2,15,20). The molecule has 0 amide bonds. The molecule has 4 rings (SSSR count). The van der Waals surface area contributed by atoms with Crippen LogP contribution in [0, 0.1) is 0 Å². The molecule has 0 aliphatic heterocycles. The van der Waals surface area contributed by atoms with E-state index in [1.807, 2.05) is 24.3 Å². The van der Waals surface area contributed by atoms with Crippen molar-refractivity contribution in [2.24, 2.45) is 0 Å². The van der Waals surface area contributed by atoms with E-state index in [-0.39, 0.29) is 0 Å². The fourth-order valence-corrected chi connectivity index (χ4v) is 2.22. The number of anilines is 3. The van der Waals surface area contributed by atoms with E-state index >= 15 is 0 Å². The Hall–Kier alpha value is -3.42. The fourth-order valence-electron chi connectivity index (χ4n) is 2.22.